The fourth-order valence-electron chi connectivity index (χ4n) is 1.37. The summed E-state index contributed by atoms with van der Waals surface area (Å²) in [7, 11) is 3.46. The molecule has 0 aliphatic rings. The first-order valence-corrected chi connectivity index (χ1v) is 5.92. The first-order chi connectivity index (χ1) is 8.77. The predicted octanol–water partition coefficient (Wildman–Crippen LogP) is 1.08. The molecular formula is C13H21ClN2O3. The van der Waals surface area contributed by atoms with Crippen LogP contribution < -0.4 is 15.4 Å². The normalized spacial score (nSPS) is 9.58. The van der Waals surface area contributed by atoms with Crippen LogP contribution in [0, 0.1) is 0 Å². The van der Waals surface area contributed by atoms with Crippen LogP contribution in [0.3, 0.4) is 0 Å². The lowest BCUT2D eigenvalue weighted by Crippen LogP contribution is -2.30. The third kappa shape index (κ3) is 7.00. The molecule has 0 saturated carbocycles. The maximum absolute atomic E-state index is 11.8. The smallest absolute Gasteiger partial charge is 0.251 e. The Morgan fingerprint density at radius 1 is 1.26 bits per heavy atom. The van der Waals surface area contributed by atoms with Crippen LogP contribution in [0.5, 0.6) is 5.75 Å². The molecule has 1 aromatic rings. The third-order valence-electron chi connectivity index (χ3n) is 2.31. The van der Waals surface area contributed by atoms with E-state index in [4.69, 9.17) is 9.47 Å². The van der Waals surface area contributed by atoms with E-state index in [2.05, 4.69) is 10.6 Å². The Morgan fingerprint density at radius 2 is 2.05 bits per heavy atom. The number of nitrogens with one attached hydrogen (secondary N) is 2. The minimum absolute atomic E-state index is 0. The monoisotopic (exact) mass is 288 g/mol. The number of hydrogen-bond acceptors (Lipinski definition) is 4. The van der Waals surface area contributed by atoms with Gasteiger partial charge in [-0.15, -0.1) is 12.4 Å². The van der Waals surface area contributed by atoms with Crippen LogP contribution in [0.2, 0.25) is 0 Å². The van der Waals surface area contributed by atoms with E-state index in [1.54, 1.807) is 25.3 Å². The molecule has 0 fully saturated rings. The van der Waals surface area contributed by atoms with Crippen molar-refractivity contribution in [1.82, 2.24) is 10.6 Å². The zero-order chi connectivity index (χ0) is 13.2. The van der Waals surface area contributed by atoms with E-state index in [0.717, 1.165) is 6.54 Å². The molecule has 108 valence electrons. The molecule has 19 heavy (non-hydrogen) atoms. The van der Waals surface area contributed by atoms with Crippen molar-refractivity contribution in [2.24, 2.45) is 0 Å². The van der Waals surface area contributed by atoms with Gasteiger partial charge in [-0.25, -0.2) is 0 Å². The highest BCUT2D eigenvalue weighted by Gasteiger charge is 2.05. The van der Waals surface area contributed by atoms with Gasteiger partial charge in [0, 0.05) is 25.8 Å². The van der Waals surface area contributed by atoms with Crippen LogP contribution in [-0.4, -0.2) is 46.4 Å². The molecule has 0 bridgehead atoms. The van der Waals surface area contributed by atoms with Gasteiger partial charge >= 0.3 is 0 Å². The van der Waals surface area contributed by atoms with Crippen molar-refractivity contribution < 1.29 is 14.3 Å². The quantitative estimate of drug-likeness (QED) is 0.703. The third-order valence-corrected chi connectivity index (χ3v) is 2.31. The summed E-state index contributed by atoms with van der Waals surface area (Å²) in [4.78, 5) is 11.8. The predicted molar refractivity (Wildman–Crippen MR) is 77.3 cm³/mol. The minimum Gasteiger partial charge on any atom is -0.491 e. The minimum atomic E-state index is -0.0950. The molecule has 0 heterocycles. The average molecular weight is 289 g/mol. The number of benzene rings is 1. The number of methoxy groups -OCH3 is 1. The Labute approximate surface area is 120 Å². The Kier molecular flexibility index (Phi) is 9.88. The Morgan fingerprint density at radius 3 is 2.74 bits per heavy atom. The topological polar surface area (TPSA) is 59.6 Å². The van der Waals surface area contributed by atoms with Crippen LogP contribution in [0.1, 0.15) is 10.4 Å². The molecule has 0 aliphatic heterocycles. The zero-order valence-corrected chi connectivity index (χ0v) is 12.1. The van der Waals surface area contributed by atoms with Crippen molar-refractivity contribution in [3.8, 4) is 5.75 Å². The molecule has 0 spiro atoms. The second-order valence-corrected chi connectivity index (χ2v) is 3.73. The summed E-state index contributed by atoms with van der Waals surface area (Å²) in [6, 6.07) is 7.11. The summed E-state index contributed by atoms with van der Waals surface area (Å²) in [5.41, 5.74) is 0.598. The van der Waals surface area contributed by atoms with Crippen LogP contribution in [0.4, 0.5) is 0 Å². The van der Waals surface area contributed by atoms with Gasteiger partial charge in [-0.3, -0.25) is 4.79 Å². The van der Waals surface area contributed by atoms with E-state index in [1.807, 2.05) is 13.1 Å². The zero-order valence-electron chi connectivity index (χ0n) is 11.3. The van der Waals surface area contributed by atoms with Crippen molar-refractivity contribution in [2.75, 3.05) is 40.5 Å². The van der Waals surface area contributed by atoms with Gasteiger partial charge in [0.2, 0.25) is 0 Å². The molecule has 0 unspecified atom stereocenters. The molecule has 0 aliphatic carbocycles. The highest BCUT2D eigenvalue weighted by atomic mass is 35.5. The molecule has 0 radical (unpaired) electrons. The summed E-state index contributed by atoms with van der Waals surface area (Å²) in [6.07, 6.45) is 0. The number of hydrogen-bond donors (Lipinski definition) is 2. The van der Waals surface area contributed by atoms with E-state index in [9.17, 15) is 4.79 Å². The largest absolute Gasteiger partial charge is 0.491 e. The van der Waals surface area contributed by atoms with Crippen LogP contribution in [0.15, 0.2) is 24.3 Å². The van der Waals surface area contributed by atoms with Crippen molar-refractivity contribution in [1.29, 1.82) is 0 Å². The molecule has 1 rings (SSSR count). The fourth-order valence-corrected chi connectivity index (χ4v) is 1.37. The Hall–Kier alpha value is -1.30. The maximum atomic E-state index is 11.8. The number of amides is 1. The van der Waals surface area contributed by atoms with Gasteiger partial charge in [0.15, 0.2) is 0 Å². The lowest BCUT2D eigenvalue weighted by atomic mass is 10.2. The molecule has 0 saturated heterocycles. The van der Waals surface area contributed by atoms with E-state index < -0.39 is 0 Å². The molecule has 1 amide bonds. The first kappa shape index (κ1) is 17.7. The lowest BCUT2D eigenvalue weighted by Gasteiger charge is -2.08. The Bertz CT molecular complexity index is 375. The van der Waals surface area contributed by atoms with Crippen molar-refractivity contribution in [3.63, 3.8) is 0 Å². The number of rotatable bonds is 8. The summed E-state index contributed by atoms with van der Waals surface area (Å²) < 4.78 is 10.3. The van der Waals surface area contributed by atoms with Gasteiger partial charge in [-0.2, -0.15) is 0 Å². The van der Waals surface area contributed by atoms with Crippen molar-refractivity contribution in [2.45, 2.75) is 0 Å². The molecule has 2 N–H and O–H groups in total. The summed E-state index contributed by atoms with van der Waals surface area (Å²) >= 11 is 0. The SMILES string of the molecule is CNCCNC(=O)c1cccc(OCCOC)c1.Cl. The second-order valence-electron chi connectivity index (χ2n) is 3.73. The van der Waals surface area contributed by atoms with Crippen LogP contribution >= 0.6 is 12.4 Å². The van der Waals surface area contributed by atoms with Gasteiger partial charge < -0.3 is 20.1 Å². The number of carbonyl (C=O) groups is 1. The number of halogens is 1. The van der Waals surface area contributed by atoms with E-state index in [1.165, 1.54) is 0 Å². The van der Waals surface area contributed by atoms with Gasteiger partial charge in [0.1, 0.15) is 12.4 Å². The summed E-state index contributed by atoms with van der Waals surface area (Å²) in [5.74, 6) is 0.579. The van der Waals surface area contributed by atoms with Gasteiger partial charge in [0.25, 0.3) is 5.91 Å². The first-order valence-electron chi connectivity index (χ1n) is 5.92. The van der Waals surface area contributed by atoms with Crippen molar-refractivity contribution >= 4 is 18.3 Å². The molecule has 5 nitrogen and oxygen atoms in total. The highest BCUT2D eigenvalue weighted by Crippen LogP contribution is 2.13. The van der Waals surface area contributed by atoms with Crippen LogP contribution in [0.25, 0.3) is 0 Å². The second kappa shape index (κ2) is 10.6. The van der Waals surface area contributed by atoms with Gasteiger partial charge in [0.05, 0.1) is 6.61 Å². The molecule has 0 aromatic heterocycles. The maximum Gasteiger partial charge on any atom is 0.251 e. The number of ether oxygens (including phenoxy) is 2. The lowest BCUT2D eigenvalue weighted by molar-refractivity contribution is 0.0953. The number of likely N-dealkylation sites (N-methyl/N-ethyl adjacent to an activating group) is 1. The summed E-state index contributed by atoms with van der Waals surface area (Å²) in [6.45, 7) is 2.35. The van der Waals surface area contributed by atoms with E-state index in [0.29, 0.717) is 31.1 Å². The Balaban J connectivity index is 0.00000324. The molecular weight excluding hydrogens is 268 g/mol. The van der Waals surface area contributed by atoms with Gasteiger partial charge in [-0.05, 0) is 25.2 Å². The molecule has 0 atom stereocenters. The van der Waals surface area contributed by atoms with E-state index >= 15 is 0 Å². The number of carbonyl (C=O) groups excluding carboxylic acids is 1. The molecule has 1 aromatic carbocycles. The van der Waals surface area contributed by atoms with E-state index in [-0.39, 0.29) is 18.3 Å². The van der Waals surface area contributed by atoms with Crippen LogP contribution in [-0.2, 0) is 4.74 Å². The van der Waals surface area contributed by atoms with Crippen molar-refractivity contribution in [3.05, 3.63) is 29.8 Å². The molecule has 6 heteroatoms. The average Bonchev–Trinajstić information content (AvgIpc) is 2.39. The summed E-state index contributed by atoms with van der Waals surface area (Å²) in [5, 5.41) is 5.78. The van der Waals surface area contributed by atoms with Gasteiger partial charge in [-0.1, -0.05) is 6.07 Å². The highest BCUT2D eigenvalue weighted by molar-refractivity contribution is 5.94. The fraction of sp³-hybridized carbons (Fsp3) is 0.462. The standard InChI is InChI=1S/C13H20N2O3.ClH/c1-14-6-7-15-13(16)11-4-3-5-12(10-11)18-9-8-17-2;/h3-5,10,14H,6-9H2,1-2H3,(H,15,16);1H.